The molecule has 4 rings (SSSR count). The molecule has 0 radical (unpaired) electrons. The summed E-state index contributed by atoms with van der Waals surface area (Å²) in [5.41, 5.74) is 6.14. The number of nitrogens with one attached hydrogen (secondary N) is 2. The lowest BCUT2D eigenvalue weighted by molar-refractivity contribution is 0.102. The van der Waals surface area contributed by atoms with Crippen molar-refractivity contribution in [2.45, 2.75) is 42.7 Å². The van der Waals surface area contributed by atoms with Crippen LogP contribution in [-0.2, 0) is 15.7 Å². The van der Waals surface area contributed by atoms with Crippen LogP contribution in [0.4, 0.5) is 10.1 Å². The molecule has 4 N–H and O–H groups in total. The molecule has 2 atom stereocenters. The smallest absolute Gasteiger partial charge is 0.257 e. The minimum atomic E-state index is -3.05. The van der Waals surface area contributed by atoms with Crippen LogP contribution in [0.15, 0.2) is 41.4 Å². The highest BCUT2D eigenvalue weighted by molar-refractivity contribution is 8.04. The third kappa shape index (κ3) is 3.53. The summed E-state index contributed by atoms with van der Waals surface area (Å²) in [6.45, 7) is 5.86. The molecule has 0 bridgehead atoms. The van der Waals surface area contributed by atoms with E-state index in [1.54, 1.807) is 20.8 Å². The number of nitriles is 1. The summed E-state index contributed by atoms with van der Waals surface area (Å²) in [4.78, 5) is 17.5. The van der Waals surface area contributed by atoms with E-state index < -0.39 is 37.4 Å². The molecule has 1 fully saturated rings. The van der Waals surface area contributed by atoms with Crippen LogP contribution < -0.4 is 15.8 Å². The molecule has 10 heteroatoms. The van der Waals surface area contributed by atoms with Crippen molar-refractivity contribution in [3.63, 3.8) is 0 Å². The van der Waals surface area contributed by atoms with Crippen LogP contribution in [0.25, 0.3) is 0 Å². The second-order valence-corrected chi connectivity index (χ2v) is 12.8. The van der Waals surface area contributed by atoms with Crippen molar-refractivity contribution in [3.05, 3.63) is 63.9 Å². The summed E-state index contributed by atoms with van der Waals surface area (Å²) in [6, 6.07) is 10.5. The molecule has 1 saturated heterocycles. The number of fused-ring (bicyclic) bond motifs is 1. The summed E-state index contributed by atoms with van der Waals surface area (Å²) in [6.07, 6.45) is 0.560. The maximum Gasteiger partial charge on any atom is 0.257 e. The predicted molar refractivity (Wildman–Crippen MR) is 130 cm³/mol. The van der Waals surface area contributed by atoms with Gasteiger partial charge in [0.1, 0.15) is 17.2 Å². The molecule has 0 unspecified atom stereocenters. The van der Waals surface area contributed by atoms with E-state index in [4.69, 9.17) is 22.6 Å². The summed E-state index contributed by atoms with van der Waals surface area (Å²) >= 11 is 6.15. The van der Waals surface area contributed by atoms with Gasteiger partial charge in [-0.1, -0.05) is 11.6 Å². The quantitative estimate of drug-likeness (QED) is 0.494. The fourth-order valence-electron chi connectivity index (χ4n) is 4.71. The zero-order valence-electron chi connectivity index (χ0n) is 18.4. The van der Waals surface area contributed by atoms with Gasteiger partial charge in [0.2, 0.25) is 0 Å². The molecule has 0 saturated carbocycles. The Balaban J connectivity index is 1.74. The normalized spacial score (nSPS) is 25.9. The molecule has 2 heterocycles. The molecular weight excluding hydrogens is 465 g/mol. The van der Waals surface area contributed by atoms with Gasteiger partial charge in [0, 0.05) is 17.8 Å². The SMILES string of the molecule is CC1(C)C(N)=N[C@](C)(c2cc(NC(=O)c3ccc(C#N)cc3Cl)ccc2F)[C@@H]2CCN[SH]21=O. The number of thiol groups is 1. The molecule has 0 aromatic heterocycles. The summed E-state index contributed by atoms with van der Waals surface area (Å²) in [5, 5.41) is 11.4. The number of halogens is 2. The standard InChI is InChI=1S/C23H25ClFN5O2S/c1-22(2)21(27)30-23(3,19-8-9-28-33(19,22)32)16-11-14(5-7-18(16)25)29-20(31)15-6-4-13(12-26)10-17(15)24/h4-7,10-11,19,33H,8-9H2,1-3H3,(H2,27,30)(H,28,32)(H,29,31)/t19-,23+/m0/s1. The highest BCUT2D eigenvalue weighted by Crippen LogP contribution is 2.49. The topological polar surface area (TPSA) is 120 Å². The number of anilines is 1. The summed E-state index contributed by atoms with van der Waals surface area (Å²) in [5.74, 6) is -0.827. The van der Waals surface area contributed by atoms with Crippen LogP contribution in [0, 0.1) is 17.1 Å². The van der Waals surface area contributed by atoms with Crippen LogP contribution in [-0.4, -0.2) is 32.5 Å². The lowest BCUT2D eigenvalue weighted by Crippen LogP contribution is -2.64. The number of carbonyl (C=O) groups is 1. The van der Waals surface area contributed by atoms with E-state index in [2.05, 4.69) is 15.0 Å². The number of amidine groups is 1. The first kappa shape index (κ1) is 23.4. The molecule has 2 aliphatic heterocycles. The van der Waals surface area contributed by atoms with Crippen LogP contribution in [0.1, 0.15) is 48.7 Å². The second kappa shape index (κ2) is 7.90. The minimum Gasteiger partial charge on any atom is -0.386 e. The first-order valence-corrected chi connectivity index (χ1v) is 12.6. The number of nitrogens with zero attached hydrogens (tertiary/aromatic N) is 2. The van der Waals surface area contributed by atoms with Gasteiger partial charge in [0.25, 0.3) is 5.91 Å². The Labute approximate surface area is 197 Å². The zero-order chi connectivity index (χ0) is 24.2. The molecule has 1 amide bonds. The van der Waals surface area contributed by atoms with Crippen LogP contribution in [0.3, 0.4) is 0 Å². The van der Waals surface area contributed by atoms with E-state index in [1.165, 1.54) is 36.4 Å². The van der Waals surface area contributed by atoms with Crippen LogP contribution >= 0.6 is 11.6 Å². The number of nitrogens with two attached hydrogens (primary N) is 1. The van der Waals surface area contributed by atoms with Gasteiger partial charge in [0.15, 0.2) is 0 Å². The van der Waals surface area contributed by atoms with Crippen molar-refractivity contribution < 1.29 is 13.4 Å². The van der Waals surface area contributed by atoms with Crippen molar-refractivity contribution >= 4 is 39.1 Å². The van der Waals surface area contributed by atoms with E-state index in [-0.39, 0.29) is 22.0 Å². The van der Waals surface area contributed by atoms with E-state index in [0.717, 1.165) is 0 Å². The molecule has 0 spiro atoms. The Kier molecular flexibility index (Phi) is 5.60. The maximum atomic E-state index is 15.1. The van der Waals surface area contributed by atoms with Crippen LogP contribution in [0.2, 0.25) is 5.02 Å². The van der Waals surface area contributed by atoms with Crippen molar-refractivity contribution in [3.8, 4) is 6.07 Å². The van der Waals surface area contributed by atoms with E-state index in [1.807, 2.05) is 6.07 Å². The van der Waals surface area contributed by atoms with Crippen molar-refractivity contribution in [1.29, 1.82) is 5.26 Å². The average molecular weight is 490 g/mol. The average Bonchev–Trinajstić information content (AvgIpc) is 3.18. The highest BCUT2D eigenvalue weighted by Gasteiger charge is 2.58. The van der Waals surface area contributed by atoms with Crippen molar-refractivity contribution in [2.24, 2.45) is 10.7 Å². The van der Waals surface area contributed by atoms with Gasteiger partial charge in [-0.15, -0.1) is 0 Å². The number of benzene rings is 2. The Morgan fingerprint density at radius 1 is 1.33 bits per heavy atom. The molecule has 0 aliphatic carbocycles. The Hall–Kier alpha value is -2.80. The first-order valence-electron chi connectivity index (χ1n) is 10.5. The lowest BCUT2D eigenvalue weighted by atomic mass is 9.85. The summed E-state index contributed by atoms with van der Waals surface area (Å²) in [7, 11) is -3.05. The van der Waals surface area contributed by atoms with E-state index >= 15 is 4.39 Å². The minimum absolute atomic E-state index is 0.130. The van der Waals surface area contributed by atoms with E-state index in [0.29, 0.717) is 24.2 Å². The molecule has 33 heavy (non-hydrogen) atoms. The third-order valence-corrected chi connectivity index (χ3v) is 11.3. The largest absolute Gasteiger partial charge is 0.386 e. The predicted octanol–water partition coefficient (Wildman–Crippen LogP) is 3.26. The van der Waals surface area contributed by atoms with Gasteiger partial charge in [-0.3, -0.25) is 18.7 Å². The Morgan fingerprint density at radius 2 is 2.06 bits per heavy atom. The summed E-state index contributed by atoms with van der Waals surface area (Å²) < 4.78 is 31.4. The molecule has 174 valence electrons. The van der Waals surface area contributed by atoms with Gasteiger partial charge in [-0.2, -0.15) is 5.26 Å². The van der Waals surface area contributed by atoms with Crippen molar-refractivity contribution in [2.75, 3.05) is 11.9 Å². The third-order valence-electron chi connectivity index (χ3n) is 6.77. The number of aliphatic imine (C=N–C) groups is 1. The number of rotatable bonds is 3. The van der Waals surface area contributed by atoms with Gasteiger partial charge in [-0.25, -0.2) is 4.39 Å². The maximum absolute atomic E-state index is 15.1. The van der Waals surface area contributed by atoms with Gasteiger partial charge >= 0.3 is 0 Å². The van der Waals surface area contributed by atoms with Crippen LogP contribution in [0.5, 0.6) is 0 Å². The molecule has 7 nitrogen and oxygen atoms in total. The van der Waals surface area contributed by atoms with Crippen molar-refractivity contribution in [1.82, 2.24) is 4.72 Å². The fraction of sp³-hybridized carbons (Fsp3) is 0.348. The molecule has 2 aromatic carbocycles. The number of carbonyl (C=O) groups excluding carboxylic acids is 1. The number of hydrogen-bond donors (Lipinski definition) is 4. The fourth-order valence-corrected chi connectivity index (χ4v) is 8.62. The highest BCUT2D eigenvalue weighted by atomic mass is 35.5. The second-order valence-electron chi connectivity index (χ2n) is 9.03. The Morgan fingerprint density at radius 3 is 2.73 bits per heavy atom. The van der Waals surface area contributed by atoms with Gasteiger partial charge < -0.3 is 11.1 Å². The Bertz CT molecular complexity index is 1290. The number of hydrogen-bond acceptors (Lipinski definition) is 5. The van der Waals surface area contributed by atoms with Gasteiger partial charge in [0.05, 0.1) is 32.2 Å². The van der Waals surface area contributed by atoms with E-state index in [9.17, 15) is 9.00 Å². The molecule has 2 aromatic rings. The monoisotopic (exact) mass is 489 g/mol. The molecule has 2 aliphatic rings. The number of amides is 1. The lowest BCUT2D eigenvalue weighted by Gasteiger charge is -2.50. The zero-order valence-corrected chi connectivity index (χ0v) is 20.1. The molecular formula is C23H25ClFN5O2S. The first-order chi connectivity index (χ1) is 15.4. The van der Waals surface area contributed by atoms with Gasteiger partial charge in [-0.05, 0) is 73.7 Å².